The minimum Gasteiger partial charge on any atom is -0.497 e. The molecule has 0 spiro atoms. The molecular weight excluding hydrogens is 492 g/mol. The van der Waals surface area contributed by atoms with E-state index in [1.165, 1.54) is 5.57 Å². The molecule has 1 aromatic rings. The van der Waals surface area contributed by atoms with Crippen LogP contribution >= 0.6 is 0 Å². The van der Waals surface area contributed by atoms with Gasteiger partial charge in [0.2, 0.25) is 0 Å². The third-order valence-electron chi connectivity index (χ3n) is 8.16. The topological polar surface area (TPSA) is 46.2 Å². The Morgan fingerprint density at radius 1 is 1.13 bits per heavy atom. The Morgan fingerprint density at radius 2 is 1.76 bits per heavy atom. The van der Waals surface area contributed by atoms with Crippen molar-refractivity contribution in [2.24, 2.45) is 17.8 Å². The molecule has 0 saturated carbocycles. The van der Waals surface area contributed by atoms with Crippen LogP contribution in [0.25, 0.3) is 0 Å². The van der Waals surface area contributed by atoms with Crippen molar-refractivity contribution in [1.29, 1.82) is 0 Å². The van der Waals surface area contributed by atoms with Crippen LogP contribution in [0.3, 0.4) is 0 Å². The Bertz CT molecular complexity index is 874. The molecule has 0 aliphatic carbocycles. The van der Waals surface area contributed by atoms with Crippen LogP contribution in [0.1, 0.15) is 67.9 Å². The summed E-state index contributed by atoms with van der Waals surface area (Å²) in [6.07, 6.45) is 4.23. The Hall–Kier alpha value is -1.44. The normalized spacial score (nSPS) is 22.7. The first-order chi connectivity index (χ1) is 17.9. The monoisotopic (exact) mass is 546 g/mol. The highest BCUT2D eigenvalue weighted by molar-refractivity contribution is 6.75. The zero-order valence-electron chi connectivity index (χ0n) is 25.7. The van der Waals surface area contributed by atoms with E-state index in [4.69, 9.17) is 23.4 Å². The molecule has 0 bridgehead atoms. The van der Waals surface area contributed by atoms with Gasteiger partial charge in [0.15, 0.2) is 14.1 Å². The van der Waals surface area contributed by atoms with Crippen molar-refractivity contribution >= 4 is 8.32 Å². The summed E-state index contributed by atoms with van der Waals surface area (Å²) in [7, 11) is -0.308. The maximum Gasteiger partial charge on any atom is 0.195 e. The zero-order chi connectivity index (χ0) is 28.5. The van der Waals surface area contributed by atoms with Gasteiger partial charge in [-0.05, 0) is 67.6 Å². The summed E-state index contributed by atoms with van der Waals surface area (Å²) in [6, 6.07) is 10.2. The van der Waals surface area contributed by atoms with Crippen molar-refractivity contribution in [2.45, 2.75) is 105 Å². The summed E-state index contributed by atoms with van der Waals surface area (Å²) in [4.78, 5) is 0. The zero-order valence-corrected chi connectivity index (χ0v) is 26.7. The molecule has 1 aromatic carbocycles. The molecule has 1 fully saturated rings. The van der Waals surface area contributed by atoms with E-state index in [-0.39, 0.29) is 30.0 Å². The highest BCUT2D eigenvalue weighted by atomic mass is 28.4. The average molecular weight is 547 g/mol. The fraction of sp³-hybridized carbons (Fsp3) is 0.688. The Kier molecular flexibility index (Phi) is 12.8. The van der Waals surface area contributed by atoms with E-state index in [0.717, 1.165) is 23.4 Å². The molecule has 1 saturated heterocycles. The highest BCUT2D eigenvalue weighted by Gasteiger charge is 2.46. The molecule has 1 aliphatic rings. The third kappa shape index (κ3) is 8.78. The Morgan fingerprint density at radius 3 is 2.29 bits per heavy atom. The minimum absolute atomic E-state index is 0.0289. The molecule has 0 unspecified atom stereocenters. The lowest BCUT2D eigenvalue weighted by Crippen LogP contribution is -2.55. The summed E-state index contributed by atoms with van der Waals surface area (Å²) in [5, 5.41) is 0. The molecule has 1 heterocycles. The second-order valence-corrected chi connectivity index (χ2v) is 16.7. The van der Waals surface area contributed by atoms with Gasteiger partial charge in [-0.25, -0.2) is 0 Å². The van der Waals surface area contributed by atoms with E-state index >= 15 is 0 Å². The second-order valence-electron chi connectivity index (χ2n) is 11.8. The van der Waals surface area contributed by atoms with E-state index in [1.54, 1.807) is 7.11 Å². The summed E-state index contributed by atoms with van der Waals surface area (Å²) in [6.45, 7) is 25.7. The fourth-order valence-corrected chi connectivity index (χ4v) is 9.15. The van der Waals surface area contributed by atoms with Crippen LogP contribution in [0.15, 0.2) is 48.6 Å². The van der Waals surface area contributed by atoms with Crippen LogP contribution in [0.4, 0.5) is 0 Å². The van der Waals surface area contributed by atoms with Gasteiger partial charge in [0.05, 0.1) is 39.1 Å². The van der Waals surface area contributed by atoms with Crippen LogP contribution in [0.5, 0.6) is 5.75 Å². The summed E-state index contributed by atoms with van der Waals surface area (Å²) in [5.74, 6) is 0.754. The van der Waals surface area contributed by atoms with E-state index in [1.807, 2.05) is 44.2 Å². The second kappa shape index (κ2) is 14.8. The molecule has 0 amide bonds. The van der Waals surface area contributed by atoms with Gasteiger partial charge in [0, 0.05) is 11.8 Å². The van der Waals surface area contributed by atoms with Gasteiger partial charge in [0.1, 0.15) is 5.75 Å². The quantitative estimate of drug-likeness (QED) is 0.164. The molecule has 1 aliphatic heterocycles. The number of benzene rings is 1. The van der Waals surface area contributed by atoms with Crippen molar-refractivity contribution in [3.63, 3.8) is 0 Å². The van der Waals surface area contributed by atoms with Gasteiger partial charge < -0.3 is 23.4 Å². The fourth-order valence-electron chi connectivity index (χ4n) is 5.55. The van der Waals surface area contributed by atoms with Gasteiger partial charge in [-0.2, -0.15) is 0 Å². The summed E-state index contributed by atoms with van der Waals surface area (Å²) < 4.78 is 31.4. The lowest BCUT2D eigenvalue weighted by Gasteiger charge is -2.48. The van der Waals surface area contributed by atoms with Gasteiger partial charge in [-0.1, -0.05) is 65.8 Å². The van der Waals surface area contributed by atoms with Crippen LogP contribution < -0.4 is 4.74 Å². The van der Waals surface area contributed by atoms with Crippen LogP contribution in [0.2, 0.25) is 17.6 Å². The van der Waals surface area contributed by atoms with Gasteiger partial charge in [-0.15, -0.1) is 6.58 Å². The van der Waals surface area contributed by atoms with Crippen LogP contribution in [-0.4, -0.2) is 46.6 Å². The summed E-state index contributed by atoms with van der Waals surface area (Å²) >= 11 is 0. The molecule has 38 heavy (non-hydrogen) atoms. The van der Waals surface area contributed by atoms with E-state index < -0.39 is 14.1 Å². The number of rotatable bonds is 15. The van der Waals surface area contributed by atoms with Gasteiger partial charge in [0.25, 0.3) is 0 Å². The Labute approximate surface area is 234 Å². The number of ether oxygens (including phenoxy) is 4. The molecule has 5 nitrogen and oxygen atoms in total. The third-order valence-corrected chi connectivity index (χ3v) is 13.4. The molecule has 216 valence electrons. The molecular formula is C32H54O5Si. The average Bonchev–Trinajstić information content (AvgIpc) is 2.89. The maximum atomic E-state index is 7.31. The molecule has 5 atom stereocenters. The predicted octanol–water partition coefficient (Wildman–Crippen LogP) is 8.16. The summed E-state index contributed by atoms with van der Waals surface area (Å²) in [5.41, 5.74) is 2.90. The van der Waals surface area contributed by atoms with Gasteiger partial charge >= 0.3 is 0 Å². The maximum absolute atomic E-state index is 7.31. The van der Waals surface area contributed by atoms with E-state index in [9.17, 15) is 0 Å². The lowest BCUT2D eigenvalue weighted by atomic mass is 9.83. The number of hydrogen-bond donors (Lipinski definition) is 0. The standard InChI is InChI=1S/C32H54O5Si/c1-12-25(7)30-29(22-35-32(9,10)36-30)31(37-38(13-2,14-3)23(4)5)26(8)19-24(6)20-34-21-27-15-17-28(33-11)18-16-27/h12,15-19,23-25,29-31H,1,13-14,20-22H2,2-11H3/b26-19+/t24-,25-,29+,30-,31-/m1/s1. The van der Waals surface area contributed by atoms with Crippen molar-refractivity contribution in [3.05, 3.63) is 54.1 Å². The van der Waals surface area contributed by atoms with Crippen molar-refractivity contribution in [2.75, 3.05) is 20.3 Å². The first-order valence-electron chi connectivity index (χ1n) is 14.4. The van der Waals surface area contributed by atoms with E-state index in [2.05, 4.69) is 61.1 Å². The number of methoxy groups -OCH3 is 1. The molecule has 0 aromatic heterocycles. The molecule has 0 radical (unpaired) electrons. The molecule has 2 rings (SSSR count). The molecule has 0 N–H and O–H groups in total. The van der Waals surface area contributed by atoms with E-state index in [0.29, 0.717) is 25.4 Å². The van der Waals surface area contributed by atoms with Gasteiger partial charge in [-0.3, -0.25) is 0 Å². The SMILES string of the molecule is C=C[C@@H](C)[C@H]1OC(C)(C)OC[C@@H]1[C@H](O[Si](CC)(CC)C(C)C)/C(C)=C/[C@@H](C)COCc1ccc(OC)cc1. The predicted molar refractivity (Wildman–Crippen MR) is 160 cm³/mol. The highest BCUT2D eigenvalue weighted by Crippen LogP contribution is 2.40. The smallest absolute Gasteiger partial charge is 0.195 e. The van der Waals surface area contributed by atoms with Crippen molar-refractivity contribution in [1.82, 2.24) is 0 Å². The lowest BCUT2D eigenvalue weighted by molar-refractivity contribution is -0.305. The minimum atomic E-state index is -1.99. The molecule has 6 heteroatoms. The Balaban J connectivity index is 2.28. The largest absolute Gasteiger partial charge is 0.497 e. The van der Waals surface area contributed by atoms with Crippen LogP contribution in [0, 0.1) is 17.8 Å². The van der Waals surface area contributed by atoms with Crippen molar-refractivity contribution in [3.8, 4) is 5.75 Å². The first-order valence-corrected chi connectivity index (χ1v) is 16.8. The first kappa shape index (κ1) is 32.8. The van der Waals surface area contributed by atoms with Crippen LogP contribution in [-0.2, 0) is 25.2 Å². The number of hydrogen-bond acceptors (Lipinski definition) is 5. The van der Waals surface area contributed by atoms with Crippen molar-refractivity contribution < 1.29 is 23.4 Å².